The molecule has 0 aromatic heterocycles. The highest BCUT2D eigenvalue weighted by atomic mass is 32.2. The van der Waals surface area contributed by atoms with Crippen LogP contribution in [-0.2, 0) is 24.4 Å². The Morgan fingerprint density at radius 1 is 1.00 bits per heavy atom. The maximum atomic E-state index is 14.8. The summed E-state index contributed by atoms with van der Waals surface area (Å²) < 4.78 is 30.9. The summed E-state index contributed by atoms with van der Waals surface area (Å²) in [7, 11) is -2.45. The minimum absolute atomic E-state index is 0.0443. The number of hydrogen-bond acceptors (Lipinski definition) is 7. The summed E-state index contributed by atoms with van der Waals surface area (Å²) in [6, 6.07) is 19.6. The van der Waals surface area contributed by atoms with Crippen LogP contribution in [0.25, 0.3) is 0 Å². The first-order chi connectivity index (χ1) is 22.1. The van der Waals surface area contributed by atoms with Crippen LogP contribution < -0.4 is 25.0 Å². The van der Waals surface area contributed by atoms with E-state index < -0.39 is 39.6 Å². The van der Waals surface area contributed by atoms with Crippen LogP contribution in [0.4, 0.5) is 16.2 Å². The zero-order chi connectivity index (χ0) is 34.5. The van der Waals surface area contributed by atoms with Crippen LogP contribution in [0.3, 0.4) is 0 Å². The van der Waals surface area contributed by atoms with Gasteiger partial charge in [0.2, 0.25) is 28.2 Å². The second-order valence-electron chi connectivity index (χ2n) is 12.5. The van der Waals surface area contributed by atoms with E-state index in [-0.39, 0.29) is 42.6 Å². The maximum absolute atomic E-state index is 14.8. The summed E-state index contributed by atoms with van der Waals surface area (Å²) in [5.41, 5.74) is 7.07. The second-order valence-corrected chi connectivity index (χ2v) is 14.4. The fourth-order valence-corrected chi connectivity index (χ4v) is 6.70. The number of nitrogens with zero attached hydrogens (tertiary/aromatic N) is 3. The molecule has 0 saturated carbocycles. The number of nitrogens with two attached hydrogens (primary N) is 1. The van der Waals surface area contributed by atoms with Gasteiger partial charge in [-0.3, -0.25) is 19.3 Å². The van der Waals surface area contributed by atoms with Gasteiger partial charge in [0.1, 0.15) is 18.3 Å². The van der Waals surface area contributed by atoms with Gasteiger partial charge in [-0.1, -0.05) is 54.6 Å². The molecule has 5 amide bonds. The molecule has 3 N–H and O–H groups in total. The minimum Gasteiger partial charge on any atom is -0.496 e. The van der Waals surface area contributed by atoms with E-state index in [1.807, 2.05) is 75.4 Å². The Balaban J connectivity index is 1.92. The molecule has 1 saturated heterocycles. The highest BCUT2D eigenvalue weighted by molar-refractivity contribution is 7.92. The van der Waals surface area contributed by atoms with E-state index in [0.717, 1.165) is 22.3 Å². The third kappa shape index (κ3) is 8.28. The zero-order valence-electron chi connectivity index (χ0n) is 27.1. The summed E-state index contributed by atoms with van der Waals surface area (Å²) in [6.07, 6.45) is 1.50. The summed E-state index contributed by atoms with van der Waals surface area (Å²) in [6.45, 7) is 5.21. The van der Waals surface area contributed by atoms with E-state index in [1.54, 1.807) is 7.11 Å². The van der Waals surface area contributed by atoms with Crippen molar-refractivity contribution in [3.63, 3.8) is 0 Å². The van der Waals surface area contributed by atoms with Gasteiger partial charge in [0, 0.05) is 11.2 Å². The monoisotopic (exact) mass is 663 g/mol. The lowest BCUT2D eigenvalue weighted by Crippen LogP contribution is -2.55. The highest BCUT2D eigenvalue weighted by Gasteiger charge is 2.44. The summed E-state index contributed by atoms with van der Waals surface area (Å²) in [4.78, 5) is 55.9. The van der Waals surface area contributed by atoms with Crippen molar-refractivity contribution in [3.8, 4) is 5.75 Å². The van der Waals surface area contributed by atoms with Crippen molar-refractivity contribution in [2.24, 2.45) is 5.73 Å². The molecule has 1 aliphatic heterocycles. The number of nitrogens with one attached hydrogen (secondary N) is 1. The Hall–Kier alpha value is -4.91. The van der Waals surface area contributed by atoms with Crippen LogP contribution in [0.15, 0.2) is 78.9 Å². The predicted molar refractivity (Wildman–Crippen MR) is 179 cm³/mol. The van der Waals surface area contributed by atoms with Gasteiger partial charge in [-0.15, -0.1) is 0 Å². The van der Waals surface area contributed by atoms with Crippen LogP contribution >= 0.6 is 0 Å². The zero-order valence-corrected chi connectivity index (χ0v) is 27.9. The quantitative estimate of drug-likeness (QED) is 0.311. The van der Waals surface area contributed by atoms with Gasteiger partial charge < -0.3 is 20.7 Å². The average molecular weight is 664 g/mol. The molecule has 0 radical (unpaired) electrons. The number of carbonyl (C=O) groups excluding carboxylic acids is 4. The molecule has 0 unspecified atom stereocenters. The van der Waals surface area contributed by atoms with Crippen LogP contribution in [-0.4, -0.2) is 69.1 Å². The molecule has 12 nitrogen and oxygen atoms in total. The normalized spacial score (nSPS) is 18.5. The second kappa shape index (κ2) is 14.2. The van der Waals surface area contributed by atoms with Crippen molar-refractivity contribution in [2.45, 2.75) is 57.2 Å². The molecule has 3 aromatic rings. The number of amides is 5. The number of urea groups is 1. The van der Waals surface area contributed by atoms with Gasteiger partial charge in [-0.25, -0.2) is 17.5 Å². The number of primary amides is 1. The van der Waals surface area contributed by atoms with E-state index in [9.17, 15) is 27.6 Å². The minimum atomic E-state index is -4.00. The van der Waals surface area contributed by atoms with Gasteiger partial charge in [0.15, 0.2) is 0 Å². The van der Waals surface area contributed by atoms with E-state index in [1.165, 1.54) is 29.2 Å². The molecule has 250 valence electrons. The number of likely N-dealkylation sites (tertiary alicyclic amines) is 1. The Morgan fingerprint density at radius 2 is 1.64 bits per heavy atom. The molecule has 0 aliphatic carbocycles. The molecular formula is C34H41N5O7S. The van der Waals surface area contributed by atoms with E-state index >= 15 is 0 Å². The number of sulfonamides is 1. The lowest BCUT2D eigenvalue weighted by Gasteiger charge is -2.35. The van der Waals surface area contributed by atoms with Crippen LogP contribution in [0.2, 0.25) is 0 Å². The molecule has 1 fully saturated rings. The molecule has 4 rings (SSSR count). The molecule has 1 aliphatic rings. The number of carbonyl (C=O) groups is 4. The van der Waals surface area contributed by atoms with Crippen molar-refractivity contribution in [2.75, 3.05) is 29.1 Å². The molecule has 0 spiro atoms. The van der Waals surface area contributed by atoms with E-state index in [2.05, 4.69) is 5.32 Å². The number of ether oxygens (including phenoxy) is 1. The van der Waals surface area contributed by atoms with Crippen molar-refractivity contribution in [1.29, 1.82) is 0 Å². The fraction of sp³-hybridized carbons (Fsp3) is 0.353. The van der Waals surface area contributed by atoms with Crippen molar-refractivity contribution in [3.05, 3.63) is 90.0 Å². The topological polar surface area (TPSA) is 159 Å². The Morgan fingerprint density at radius 3 is 2.23 bits per heavy atom. The third-order valence-electron chi connectivity index (χ3n) is 7.92. The number of anilines is 2. The van der Waals surface area contributed by atoms with Gasteiger partial charge in [-0.05, 0) is 74.9 Å². The van der Waals surface area contributed by atoms with Gasteiger partial charge in [0.05, 0.1) is 25.1 Å². The molecule has 3 aromatic carbocycles. The van der Waals surface area contributed by atoms with Crippen LogP contribution in [0, 0.1) is 0 Å². The Labute approximate surface area is 275 Å². The highest BCUT2D eigenvalue weighted by Crippen LogP contribution is 2.43. The van der Waals surface area contributed by atoms with Gasteiger partial charge in [-0.2, -0.15) is 0 Å². The number of rotatable bonds is 10. The number of methoxy groups -OCH3 is 1. The van der Waals surface area contributed by atoms with Crippen LogP contribution in [0.5, 0.6) is 5.75 Å². The van der Waals surface area contributed by atoms with Crippen molar-refractivity contribution >= 4 is 45.7 Å². The van der Waals surface area contributed by atoms with Gasteiger partial charge in [0.25, 0.3) is 0 Å². The first kappa shape index (κ1) is 35.0. The first-order valence-corrected chi connectivity index (χ1v) is 16.9. The lowest BCUT2D eigenvalue weighted by molar-refractivity contribution is -0.139. The number of benzene rings is 3. The van der Waals surface area contributed by atoms with Crippen molar-refractivity contribution < 1.29 is 32.3 Å². The maximum Gasteiger partial charge on any atom is 0.320 e. The molecule has 13 heteroatoms. The standard InChI is InChI=1S/C34H41N5O7S/c1-34(2,3)36-31(41)21-37-28(23-12-7-6-8-13-23)18-24(27-16-9-10-17-30(27)46-4)19-29(32(37)42)39(33(35)43)26-15-11-14-25(20-26)38(22-40)47(5,44)45/h6-17,20,22,24,28-29H,18-19,21H2,1-5H3,(H2,35,43)(H,36,41)/t24-,28-,29-/m1/s1. The smallest absolute Gasteiger partial charge is 0.320 e. The van der Waals surface area contributed by atoms with Gasteiger partial charge >= 0.3 is 6.03 Å². The van der Waals surface area contributed by atoms with E-state index in [4.69, 9.17) is 10.5 Å². The molecular weight excluding hydrogens is 622 g/mol. The first-order valence-electron chi connectivity index (χ1n) is 15.1. The van der Waals surface area contributed by atoms with Crippen molar-refractivity contribution in [1.82, 2.24) is 10.2 Å². The number of para-hydroxylation sites is 1. The van der Waals surface area contributed by atoms with E-state index in [0.29, 0.717) is 16.5 Å². The SMILES string of the molecule is COc1ccccc1[C@@H]1C[C@H](c2ccccc2)N(CC(=O)NC(C)(C)C)C(=O)[C@H](N(C(N)=O)c2cccc(N(C=O)S(C)(=O)=O)c2)C1. The summed E-state index contributed by atoms with van der Waals surface area (Å²) >= 11 is 0. The average Bonchev–Trinajstić information content (AvgIpc) is 3.13. The molecule has 0 bridgehead atoms. The summed E-state index contributed by atoms with van der Waals surface area (Å²) in [5.74, 6) is -0.686. The lowest BCUT2D eigenvalue weighted by atomic mass is 9.85. The Bertz CT molecular complexity index is 1730. The van der Waals surface area contributed by atoms with Crippen LogP contribution in [0.1, 0.15) is 56.7 Å². The molecule has 1 heterocycles. The summed E-state index contributed by atoms with van der Waals surface area (Å²) in [5, 5.41) is 2.93. The largest absolute Gasteiger partial charge is 0.496 e. The molecule has 47 heavy (non-hydrogen) atoms. The third-order valence-corrected chi connectivity index (χ3v) is 8.93. The number of hydrogen-bond donors (Lipinski definition) is 2. The fourth-order valence-electron chi connectivity index (χ4n) is 6.04. The Kier molecular flexibility index (Phi) is 10.6. The predicted octanol–water partition coefficient (Wildman–Crippen LogP) is 3.93. The molecule has 3 atom stereocenters.